The van der Waals surface area contributed by atoms with Gasteiger partial charge in [0.2, 0.25) is 21.8 Å². The van der Waals surface area contributed by atoms with E-state index < -0.39 is 33.0 Å². The number of nitrogens with zero attached hydrogens (tertiary/aromatic N) is 1. The molecule has 2 unspecified atom stereocenters. The third-order valence-electron chi connectivity index (χ3n) is 7.49. The van der Waals surface area contributed by atoms with Crippen LogP contribution < -0.4 is 29.7 Å². The number of sulfonamides is 1. The van der Waals surface area contributed by atoms with Crippen molar-refractivity contribution in [2.24, 2.45) is 11.1 Å². The Morgan fingerprint density at radius 2 is 1.71 bits per heavy atom. The van der Waals surface area contributed by atoms with E-state index in [9.17, 15) is 27.6 Å². The number of hydrogen-bond acceptors (Lipinski definition) is 10. The second-order valence-electron chi connectivity index (χ2n) is 10.4. The highest BCUT2D eigenvalue weighted by atomic mass is 32.2. The van der Waals surface area contributed by atoms with Gasteiger partial charge in [0.15, 0.2) is 18.1 Å². The average molecular weight is 667 g/mol. The first kappa shape index (κ1) is 30.6. The number of rotatable bonds is 8. The minimum Gasteiger partial charge on any atom is -0.493 e. The molecule has 232 valence electrons. The number of anilines is 2. The van der Waals surface area contributed by atoms with Crippen LogP contribution in [0.4, 0.5) is 11.4 Å². The summed E-state index contributed by atoms with van der Waals surface area (Å²) < 4.78 is 34.2. The molecule has 1 fully saturated rings. The number of amides is 3. The van der Waals surface area contributed by atoms with E-state index in [1.54, 1.807) is 30.3 Å². The summed E-state index contributed by atoms with van der Waals surface area (Å²) in [4.78, 5) is 56.8. The number of hydrogen-bond donors (Lipinski definition) is 3. The third kappa shape index (κ3) is 5.86. The first-order valence-corrected chi connectivity index (χ1v) is 16.8. The zero-order chi connectivity index (χ0) is 32.0. The Morgan fingerprint density at radius 3 is 2.38 bits per heavy atom. The number of H-pyrrole nitrogens is 1. The van der Waals surface area contributed by atoms with Crippen molar-refractivity contribution < 1.29 is 32.3 Å². The zero-order valence-corrected chi connectivity index (χ0v) is 26.3. The van der Waals surface area contributed by atoms with E-state index in [1.807, 2.05) is 19.1 Å². The van der Waals surface area contributed by atoms with E-state index >= 15 is 0 Å². The molecule has 2 aliphatic heterocycles. The van der Waals surface area contributed by atoms with Gasteiger partial charge in [-0.05, 0) is 61.0 Å². The van der Waals surface area contributed by atoms with Crippen LogP contribution in [0.1, 0.15) is 21.9 Å². The van der Waals surface area contributed by atoms with Crippen molar-refractivity contribution >= 4 is 62.2 Å². The second-order valence-corrected chi connectivity index (χ2v) is 14.1. The Hall–Kier alpha value is -4.44. The molecule has 0 radical (unpaired) electrons. The van der Waals surface area contributed by atoms with Crippen LogP contribution in [0.15, 0.2) is 81.4 Å². The summed E-state index contributed by atoms with van der Waals surface area (Å²) >= 11 is 2.19. The van der Waals surface area contributed by atoms with E-state index in [0.717, 1.165) is 16.9 Å². The lowest BCUT2D eigenvalue weighted by molar-refractivity contribution is -0.122. The maximum atomic E-state index is 13.9. The number of thioether (sulfide) groups is 1. The van der Waals surface area contributed by atoms with Crippen molar-refractivity contribution in [3.05, 3.63) is 92.4 Å². The summed E-state index contributed by atoms with van der Waals surface area (Å²) in [6.07, 6.45) is 0. The van der Waals surface area contributed by atoms with Crippen LogP contribution in [0.3, 0.4) is 0 Å². The molecular formula is C30H26N4O8S3. The average Bonchev–Trinajstić information content (AvgIpc) is 3.50. The van der Waals surface area contributed by atoms with Crippen LogP contribution in [0.5, 0.6) is 11.5 Å². The molecule has 3 aromatic carbocycles. The zero-order valence-electron chi connectivity index (χ0n) is 23.8. The number of methoxy groups -OCH3 is 1. The van der Waals surface area contributed by atoms with E-state index in [4.69, 9.17) is 14.6 Å². The molecule has 0 aliphatic carbocycles. The molecule has 1 saturated heterocycles. The minimum absolute atomic E-state index is 0.0879. The number of nitrogens with one attached hydrogen (secondary N) is 2. The number of aromatic nitrogens is 1. The first-order chi connectivity index (χ1) is 21.4. The van der Waals surface area contributed by atoms with Crippen LogP contribution in [0.2, 0.25) is 0 Å². The molecule has 0 spiro atoms. The number of benzene rings is 3. The number of carbonyl (C=O) groups excluding carboxylic acids is 3. The van der Waals surface area contributed by atoms with Gasteiger partial charge in [-0.3, -0.25) is 19.2 Å². The van der Waals surface area contributed by atoms with Crippen molar-refractivity contribution in [3.8, 4) is 11.5 Å². The second kappa shape index (κ2) is 11.8. The minimum atomic E-state index is -3.86. The fourth-order valence-corrected chi connectivity index (χ4v) is 8.42. The van der Waals surface area contributed by atoms with Crippen molar-refractivity contribution in [2.45, 2.75) is 28.0 Å². The predicted octanol–water partition coefficient (Wildman–Crippen LogP) is 3.21. The molecule has 12 nitrogen and oxygen atoms in total. The topological polar surface area (TPSA) is 178 Å². The van der Waals surface area contributed by atoms with Gasteiger partial charge in [0.05, 0.1) is 28.6 Å². The van der Waals surface area contributed by atoms with E-state index in [2.05, 4.69) is 10.3 Å². The summed E-state index contributed by atoms with van der Waals surface area (Å²) in [5, 5.41) is 7.53. The lowest BCUT2D eigenvalue weighted by atomic mass is 9.83. The first-order valence-electron chi connectivity index (χ1n) is 13.5. The van der Waals surface area contributed by atoms with E-state index in [0.29, 0.717) is 26.8 Å². The van der Waals surface area contributed by atoms with Gasteiger partial charge in [-0.15, -0.1) is 0 Å². The molecule has 1 aromatic heterocycles. The van der Waals surface area contributed by atoms with Crippen LogP contribution in [0, 0.1) is 12.8 Å². The molecule has 6 rings (SSSR count). The van der Waals surface area contributed by atoms with Gasteiger partial charge >= 0.3 is 4.87 Å². The maximum absolute atomic E-state index is 13.9. The number of primary sulfonamides is 1. The molecular weight excluding hydrogens is 641 g/mol. The van der Waals surface area contributed by atoms with Gasteiger partial charge in [-0.25, -0.2) is 18.5 Å². The van der Waals surface area contributed by atoms with Crippen LogP contribution in [0.25, 0.3) is 0 Å². The standard InChI is InChI=1S/C30H26N4O8S3/c1-15-3-8-18(9-4-15)34-28(36)24-23(25-27(33-30(38)44-25)43-26(24)29(34)37)16-5-12-20(21(13-16)41-2)42-14-22(35)32-17-6-10-19(11-7-17)45(31,39)40/h3-13,23-24,26H,14H2,1-2H3,(H,32,35)(H,33,38)(H2,31,39,40)/t23-,24?,26?/m1/s1. The number of ether oxygens (including phenoxy) is 2. The number of nitrogens with two attached hydrogens (primary N) is 1. The molecule has 15 heteroatoms. The van der Waals surface area contributed by atoms with Gasteiger partial charge in [0.25, 0.3) is 5.91 Å². The van der Waals surface area contributed by atoms with Gasteiger partial charge in [0, 0.05) is 16.5 Å². The fourth-order valence-electron chi connectivity index (χ4n) is 5.39. The molecule has 2 aliphatic rings. The van der Waals surface area contributed by atoms with Crippen molar-refractivity contribution in [1.29, 1.82) is 0 Å². The molecule has 0 saturated carbocycles. The summed E-state index contributed by atoms with van der Waals surface area (Å²) in [5.41, 5.74) is 2.46. The fraction of sp³-hybridized carbons (Fsp3) is 0.200. The van der Waals surface area contributed by atoms with Crippen molar-refractivity contribution in [3.63, 3.8) is 0 Å². The largest absolute Gasteiger partial charge is 0.493 e. The molecule has 4 N–H and O–H groups in total. The molecule has 3 atom stereocenters. The van der Waals surface area contributed by atoms with Crippen LogP contribution in [-0.2, 0) is 24.4 Å². The molecule has 0 bridgehead atoms. The highest BCUT2D eigenvalue weighted by molar-refractivity contribution is 8.00. The van der Waals surface area contributed by atoms with Gasteiger partial charge < -0.3 is 19.8 Å². The predicted molar refractivity (Wildman–Crippen MR) is 169 cm³/mol. The van der Waals surface area contributed by atoms with Gasteiger partial charge in [-0.2, -0.15) is 0 Å². The smallest absolute Gasteiger partial charge is 0.305 e. The van der Waals surface area contributed by atoms with E-state index in [-0.39, 0.29) is 39.7 Å². The SMILES string of the molecule is COc1cc([C@H]2c3sc(=O)[nH]c3SC3C(=O)N(c4ccc(C)cc4)C(=O)C32)ccc1OCC(=O)Nc1ccc(S(N)(=O)=O)cc1. The van der Waals surface area contributed by atoms with E-state index in [1.165, 1.54) is 48.0 Å². The quantitative estimate of drug-likeness (QED) is 0.238. The molecule has 4 aromatic rings. The lowest BCUT2D eigenvalue weighted by Crippen LogP contribution is -2.32. The van der Waals surface area contributed by atoms with Crippen molar-refractivity contribution in [2.75, 3.05) is 23.9 Å². The van der Waals surface area contributed by atoms with Gasteiger partial charge in [-0.1, -0.05) is 46.9 Å². The summed E-state index contributed by atoms with van der Waals surface area (Å²) in [5.74, 6) is -2.07. The number of imide groups is 1. The highest BCUT2D eigenvalue weighted by Crippen LogP contribution is 2.53. The lowest BCUT2D eigenvalue weighted by Gasteiger charge is -2.30. The van der Waals surface area contributed by atoms with Crippen molar-refractivity contribution in [1.82, 2.24) is 4.98 Å². The summed E-state index contributed by atoms with van der Waals surface area (Å²) in [7, 11) is -2.43. The molecule has 45 heavy (non-hydrogen) atoms. The third-order valence-corrected chi connectivity index (χ3v) is 10.8. The number of fused-ring (bicyclic) bond motifs is 2. The Balaban J connectivity index is 1.25. The Labute approximate surface area is 265 Å². The molecule has 3 amide bonds. The number of aromatic amines is 1. The Bertz CT molecular complexity index is 1990. The maximum Gasteiger partial charge on any atom is 0.305 e. The normalized spacial score (nSPS) is 19.2. The van der Waals surface area contributed by atoms with Gasteiger partial charge in [0.1, 0.15) is 5.25 Å². The summed E-state index contributed by atoms with van der Waals surface area (Å²) in [6, 6.07) is 17.5. The number of carbonyl (C=O) groups is 3. The highest BCUT2D eigenvalue weighted by Gasteiger charge is 2.56. The Kier molecular flexibility index (Phi) is 8.03. The number of thiazole rings is 1. The summed E-state index contributed by atoms with van der Waals surface area (Å²) in [6.45, 7) is 1.53. The number of aryl methyl sites for hydroxylation is 1. The van der Waals surface area contributed by atoms with Crippen LogP contribution in [-0.4, -0.2) is 50.1 Å². The van der Waals surface area contributed by atoms with Crippen LogP contribution >= 0.6 is 23.1 Å². The Morgan fingerprint density at radius 1 is 1.00 bits per heavy atom. The molecule has 3 heterocycles. The monoisotopic (exact) mass is 666 g/mol.